The van der Waals surface area contributed by atoms with Crippen LogP contribution in [0.25, 0.3) is 33.4 Å². The summed E-state index contributed by atoms with van der Waals surface area (Å²) in [6.45, 7) is 11.6. The van der Waals surface area contributed by atoms with Gasteiger partial charge in [0, 0.05) is 224 Å². The molecule has 6 aromatic heterocycles. The fourth-order valence-electron chi connectivity index (χ4n) is 14.4. The van der Waals surface area contributed by atoms with Crippen LogP contribution >= 0.6 is 0 Å². The third kappa shape index (κ3) is 9.89. The minimum absolute atomic E-state index is 0.0689. The number of anilines is 6. The largest absolute Gasteiger partial charge is 0.338 e. The van der Waals surface area contributed by atoms with Crippen LogP contribution in [0.1, 0.15) is 90.5 Å². The lowest BCUT2D eigenvalue weighted by atomic mass is 9.95. The molecule has 16 rings (SSSR count). The highest BCUT2D eigenvalue weighted by Crippen LogP contribution is 2.59. The number of hydrogen-bond acceptors (Lipinski definition) is 12. The third-order valence-corrected chi connectivity index (χ3v) is 19.3. The van der Waals surface area contributed by atoms with E-state index in [1.807, 2.05) is 117 Å². The van der Waals surface area contributed by atoms with Crippen molar-refractivity contribution in [3.8, 4) is 33.4 Å². The molecule has 22 heteroatoms. The van der Waals surface area contributed by atoms with Gasteiger partial charge in [-0.05, 0) is 90.8 Å². The van der Waals surface area contributed by atoms with Gasteiger partial charge in [-0.15, -0.1) is 0 Å². The molecule has 1 fully saturated rings. The number of aryl methyl sites for hydroxylation is 7. The zero-order chi connectivity index (χ0) is 61.0. The number of nitrogens with zero attached hydrogens (tertiary/aromatic N) is 18. The first-order valence-electron chi connectivity index (χ1n) is 30.7. The van der Waals surface area contributed by atoms with Crippen LogP contribution in [0.3, 0.4) is 0 Å². The second-order valence-corrected chi connectivity index (χ2v) is 24.9. The van der Waals surface area contributed by atoms with Crippen molar-refractivity contribution < 1.29 is 18.8 Å². The third-order valence-electron chi connectivity index (χ3n) is 19.3. The normalized spacial score (nSPS) is 16.8. The zero-order valence-electron chi connectivity index (χ0n) is 51.8. The van der Waals surface area contributed by atoms with E-state index < -0.39 is 0 Å². The minimum atomic E-state index is -0.187. The molecule has 9 aromatic rings. The van der Waals surface area contributed by atoms with Gasteiger partial charge in [0.1, 0.15) is 5.82 Å². The van der Waals surface area contributed by atoms with Crippen molar-refractivity contribution in [2.45, 2.75) is 97.2 Å². The highest BCUT2D eigenvalue weighted by atomic mass is 19.1. The average Bonchev–Trinajstić information content (AvgIpc) is 1.63. The molecule has 0 N–H and O–H groups in total. The van der Waals surface area contributed by atoms with Crippen LogP contribution in [-0.4, -0.2) is 130 Å². The van der Waals surface area contributed by atoms with E-state index in [1.54, 1.807) is 31.6 Å². The van der Waals surface area contributed by atoms with Crippen LogP contribution in [0, 0.1) is 5.82 Å². The van der Waals surface area contributed by atoms with Crippen LogP contribution < -0.4 is 14.7 Å². The maximum absolute atomic E-state index is 15.3. The van der Waals surface area contributed by atoms with Gasteiger partial charge in [0.15, 0.2) is 17.5 Å². The smallest absolute Gasteiger partial charge is 0.219 e. The molecule has 1 aliphatic carbocycles. The Morgan fingerprint density at radius 1 is 0.466 bits per heavy atom. The Balaban J connectivity index is 0.000000116. The summed E-state index contributed by atoms with van der Waals surface area (Å²) < 4.78 is 26.6. The summed E-state index contributed by atoms with van der Waals surface area (Å²) in [6.07, 6.45) is 19.2. The molecule has 6 aliphatic heterocycles. The first kappa shape index (κ1) is 56.5. The summed E-state index contributed by atoms with van der Waals surface area (Å²) in [6, 6.07) is 17.3. The minimum Gasteiger partial charge on any atom is -0.338 e. The Kier molecular flexibility index (Phi) is 14.0. The molecule has 0 atom stereocenters. The zero-order valence-corrected chi connectivity index (χ0v) is 51.8. The van der Waals surface area contributed by atoms with Crippen molar-refractivity contribution >= 4 is 52.2 Å². The lowest BCUT2D eigenvalue weighted by Gasteiger charge is -2.32. The van der Waals surface area contributed by atoms with Gasteiger partial charge < -0.3 is 29.4 Å². The standard InChI is InChI=1S/C23H26N6O.C22H26N6O.C21H23FN6O/c1-15(30)28-9-6-20-18(13-28)22(25-27(20)3)29-14-23(7-8-23)19-10-16(4-5-21(19)29)17-11-24-26(2)12-17;1-15(29)27-10-8-21-19(14-27)22(24-26(21)3)28-9-4-5-17-11-16(6-7-20(17)28)18-12-23-25(2)13-18;1-13(29)27-8-7-18-17(12-27)21(24-26(18)3)28-9-6-16-19(28)5-4-15(20(16)22)14-10-23-25(2)11-14/h4-5,10-12H,6-9,13-14H2,1-3H3;6-7,11-13H,4-5,8-10,14H2,1-3H3;4-5,10-11H,6-9,12H2,1-3H3. The number of carbonyl (C=O) groups is 3. The van der Waals surface area contributed by atoms with Gasteiger partial charge >= 0.3 is 0 Å². The molecule has 454 valence electrons. The van der Waals surface area contributed by atoms with Crippen molar-refractivity contribution in [2.75, 3.05) is 54.0 Å². The lowest BCUT2D eigenvalue weighted by Crippen LogP contribution is -2.35. The van der Waals surface area contributed by atoms with Crippen molar-refractivity contribution in [3.05, 3.63) is 142 Å². The van der Waals surface area contributed by atoms with Gasteiger partial charge in [0.2, 0.25) is 17.7 Å². The van der Waals surface area contributed by atoms with Gasteiger partial charge in [-0.3, -0.25) is 42.5 Å². The predicted octanol–water partition coefficient (Wildman–Crippen LogP) is 8.28. The molecule has 3 aromatic carbocycles. The number of carbonyl (C=O) groups excluding carboxylic acids is 3. The van der Waals surface area contributed by atoms with Crippen molar-refractivity contribution in [2.24, 2.45) is 42.3 Å². The number of halogens is 1. The molecule has 88 heavy (non-hydrogen) atoms. The van der Waals surface area contributed by atoms with Crippen molar-refractivity contribution in [1.29, 1.82) is 0 Å². The number of benzene rings is 3. The Bertz CT molecular complexity index is 4260. The summed E-state index contributed by atoms with van der Waals surface area (Å²) in [4.78, 5) is 48.4. The molecule has 1 spiro atoms. The molecule has 0 unspecified atom stereocenters. The molecular weight excluding hydrogens is 1110 g/mol. The molecule has 0 saturated heterocycles. The van der Waals surface area contributed by atoms with Crippen molar-refractivity contribution in [1.82, 2.24) is 73.4 Å². The number of fused-ring (bicyclic) bond motifs is 7. The quantitative estimate of drug-likeness (QED) is 0.156. The summed E-state index contributed by atoms with van der Waals surface area (Å²) in [7, 11) is 11.7. The maximum atomic E-state index is 15.3. The predicted molar refractivity (Wildman–Crippen MR) is 334 cm³/mol. The number of hydrogen-bond donors (Lipinski definition) is 0. The van der Waals surface area contributed by atoms with Crippen LogP contribution in [-0.2, 0) is 114 Å². The van der Waals surface area contributed by atoms with E-state index in [0.717, 1.165) is 109 Å². The molecule has 21 nitrogen and oxygen atoms in total. The molecular formula is C66H75FN18O3. The van der Waals surface area contributed by atoms with E-state index in [9.17, 15) is 14.4 Å². The van der Waals surface area contributed by atoms with E-state index in [-0.39, 0.29) is 29.0 Å². The van der Waals surface area contributed by atoms with Gasteiger partial charge in [0.05, 0.1) is 38.2 Å². The highest BCUT2D eigenvalue weighted by molar-refractivity contribution is 5.82. The number of aromatic nitrogens is 12. The van der Waals surface area contributed by atoms with Crippen LogP contribution in [0.15, 0.2) is 85.7 Å². The average molecular weight is 1190 g/mol. The van der Waals surface area contributed by atoms with Crippen molar-refractivity contribution in [3.63, 3.8) is 0 Å². The first-order chi connectivity index (χ1) is 42.4. The molecule has 1 saturated carbocycles. The number of amides is 3. The lowest BCUT2D eigenvalue weighted by molar-refractivity contribution is -0.130. The summed E-state index contributed by atoms with van der Waals surface area (Å²) >= 11 is 0. The van der Waals surface area contributed by atoms with E-state index in [4.69, 9.17) is 15.3 Å². The van der Waals surface area contributed by atoms with Gasteiger partial charge in [0.25, 0.3) is 0 Å². The summed E-state index contributed by atoms with van der Waals surface area (Å²) in [5.74, 6) is 3.01. The number of rotatable bonds is 6. The SMILES string of the molecule is CC(=O)N1CCc2c(c(N3CC4(CC4)c4cc(-c5cnn(C)c5)ccc43)nn2C)C1.CC(=O)N1CCc2c(c(N3CCCc4cc(-c5cnn(C)c5)ccc43)nn2C)C1.CC(=O)N1CCc2c(c(N3CCc4c3ccc(-c3cnn(C)c3)c4F)nn2C)C1. The highest BCUT2D eigenvalue weighted by Gasteiger charge is 2.53. The molecule has 12 heterocycles. The second kappa shape index (κ2) is 21.8. The second-order valence-electron chi connectivity index (χ2n) is 24.9. The topological polar surface area (TPSA) is 178 Å². The Labute approximate surface area is 511 Å². The van der Waals surface area contributed by atoms with Gasteiger partial charge in [-0.1, -0.05) is 12.1 Å². The first-order valence-corrected chi connectivity index (χ1v) is 30.7. The molecule has 0 bridgehead atoms. The van der Waals surface area contributed by atoms with Crippen LogP contribution in [0.5, 0.6) is 0 Å². The van der Waals surface area contributed by atoms with E-state index in [1.165, 1.54) is 69.0 Å². The Hall–Kier alpha value is -9.34. The van der Waals surface area contributed by atoms with E-state index in [0.29, 0.717) is 50.3 Å². The Morgan fingerprint density at radius 3 is 1.40 bits per heavy atom. The van der Waals surface area contributed by atoms with E-state index >= 15 is 4.39 Å². The summed E-state index contributed by atoms with van der Waals surface area (Å²) in [5, 5.41) is 27.4. The molecule has 7 aliphatic rings. The fraction of sp³-hybridized carbons (Fsp3) is 0.409. The monoisotopic (exact) mass is 1190 g/mol. The fourth-order valence-corrected chi connectivity index (χ4v) is 14.4. The van der Waals surface area contributed by atoms with Gasteiger partial charge in [-0.2, -0.15) is 30.6 Å². The Morgan fingerprint density at radius 2 is 0.920 bits per heavy atom. The summed E-state index contributed by atoms with van der Waals surface area (Å²) in [5.41, 5.74) is 20.3. The molecule has 0 radical (unpaired) electrons. The van der Waals surface area contributed by atoms with E-state index in [2.05, 4.69) is 72.6 Å². The molecule has 3 amide bonds. The van der Waals surface area contributed by atoms with Crippen LogP contribution in [0.4, 0.5) is 38.9 Å². The van der Waals surface area contributed by atoms with Gasteiger partial charge in [-0.25, -0.2) is 4.39 Å². The maximum Gasteiger partial charge on any atom is 0.219 e. The van der Waals surface area contributed by atoms with Crippen LogP contribution in [0.2, 0.25) is 0 Å².